The van der Waals surface area contributed by atoms with Gasteiger partial charge in [-0.05, 0) is 25.8 Å². The van der Waals surface area contributed by atoms with E-state index in [0.717, 1.165) is 25.7 Å². The molecule has 0 aliphatic heterocycles. The van der Waals surface area contributed by atoms with Crippen molar-refractivity contribution >= 4 is 17.3 Å². The highest BCUT2D eigenvalue weighted by molar-refractivity contribution is 5.84. The number of carbonyl (C=O) groups excluding carboxylic acids is 1. The second-order valence-corrected chi connectivity index (χ2v) is 5.16. The van der Waals surface area contributed by atoms with Crippen molar-refractivity contribution in [3.8, 4) is 0 Å². The molecule has 1 aromatic carbocycles. The maximum Gasteiger partial charge on any atom is 0.271 e. The van der Waals surface area contributed by atoms with E-state index in [-0.39, 0.29) is 17.6 Å². The summed E-state index contributed by atoms with van der Waals surface area (Å²) >= 11 is 0. The average molecular weight is 277 g/mol. The number of carbonyl (C=O) groups is 1. The molecule has 0 aromatic heterocycles. The van der Waals surface area contributed by atoms with Crippen molar-refractivity contribution in [2.75, 3.05) is 5.32 Å². The molecule has 1 aromatic rings. The number of benzene rings is 1. The van der Waals surface area contributed by atoms with E-state index in [1.807, 2.05) is 0 Å². The van der Waals surface area contributed by atoms with Gasteiger partial charge in [-0.1, -0.05) is 18.9 Å². The second kappa shape index (κ2) is 6.36. The Kier molecular flexibility index (Phi) is 4.55. The molecule has 1 fully saturated rings. The average Bonchev–Trinajstić information content (AvgIpc) is 2.91. The lowest BCUT2D eigenvalue weighted by molar-refractivity contribution is -0.384. The van der Waals surface area contributed by atoms with Crippen LogP contribution in [0, 0.1) is 10.1 Å². The Labute approximate surface area is 117 Å². The van der Waals surface area contributed by atoms with Crippen LogP contribution in [0.4, 0.5) is 11.4 Å². The van der Waals surface area contributed by atoms with Gasteiger partial charge in [0.15, 0.2) is 0 Å². The minimum atomic E-state index is -0.450. The van der Waals surface area contributed by atoms with Crippen molar-refractivity contribution in [1.29, 1.82) is 0 Å². The van der Waals surface area contributed by atoms with Gasteiger partial charge in [-0.25, -0.2) is 0 Å². The van der Waals surface area contributed by atoms with Crippen molar-refractivity contribution in [3.05, 3.63) is 34.4 Å². The van der Waals surface area contributed by atoms with Gasteiger partial charge in [0.05, 0.1) is 4.92 Å². The molecule has 1 aliphatic carbocycles. The van der Waals surface area contributed by atoms with Gasteiger partial charge in [-0.2, -0.15) is 0 Å². The Morgan fingerprint density at radius 1 is 1.40 bits per heavy atom. The highest BCUT2D eigenvalue weighted by Crippen LogP contribution is 2.19. The number of hydrogen-bond acceptors (Lipinski definition) is 4. The monoisotopic (exact) mass is 277 g/mol. The summed E-state index contributed by atoms with van der Waals surface area (Å²) in [6.07, 6.45) is 4.40. The van der Waals surface area contributed by atoms with Gasteiger partial charge in [0.2, 0.25) is 5.91 Å². The Bertz CT molecular complexity index is 498. The standard InChI is InChI=1S/C14H19N3O3/c1-10(14(18)16-11-5-2-3-6-11)15-12-7-4-8-13(9-12)17(19)20/h4,7-11,15H,2-3,5-6H2,1H3,(H,16,18)/t10-/m1/s1. The largest absolute Gasteiger partial charge is 0.374 e. The fraction of sp³-hybridized carbons (Fsp3) is 0.500. The van der Waals surface area contributed by atoms with Crippen LogP contribution in [0.5, 0.6) is 0 Å². The molecule has 20 heavy (non-hydrogen) atoms. The Morgan fingerprint density at radius 2 is 2.10 bits per heavy atom. The Hall–Kier alpha value is -2.11. The topological polar surface area (TPSA) is 84.3 Å². The quantitative estimate of drug-likeness (QED) is 0.639. The fourth-order valence-corrected chi connectivity index (χ4v) is 2.42. The molecule has 6 nitrogen and oxygen atoms in total. The van der Waals surface area contributed by atoms with E-state index in [1.165, 1.54) is 12.1 Å². The number of nitro benzene ring substituents is 1. The highest BCUT2D eigenvalue weighted by atomic mass is 16.6. The molecule has 0 bridgehead atoms. The summed E-state index contributed by atoms with van der Waals surface area (Å²) < 4.78 is 0. The summed E-state index contributed by atoms with van der Waals surface area (Å²) in [6.45, 7) is 1.75. The molecule has 0 spiro atoms. The third kappa shape index (κ3) is 3.69. The lowest BCUT2D eigenvalue weighted by atomic mass is 10.2. The van der Waals surface area contributed by atoms with E-state index in [0.29, 0.717) is 5.69 Å². The molecule has 0 saturated heterocycles. The predicted molar refractivity (Wildman–Crippen MR) is 76.6 cm³/mol. The van der Waals surface area contributed by atoms with E-state index in [1.54, 1.807) is 19.1 Å². The van der Waals surface area contributed by atoms with Crippen molar-refractivity contribution in [2.45, 2.75) is 44.7 Å². The van der Waals surface area contributed by atoms with Crippen molar-refractivity contribution in [3.63, 3.8) is 0 Å². The van der Waals surface area contributed by atoms with Crippen LogP contribution in [-0.4, -0.2) is 22.9 Å². The molecule has 0 radical (unpaired) electrons. The van der Waals surface area contributed by atoms with Crippen LogP contribution in [-0.2, 0) is 4.79 Å². The van der Waals surface area contributed by atoms with E-state index in [9.17, 15) is 14.9 Å². The number of nitrogens with zero attached hydrogens (tertiary/aromatic N) is 1. The number of amides is 1. The lowest BCUT2D eigenvalue weighted by Crippen LogP contribution is -2.42. The first-order chi connectivity index (χ1) is 9.56. The van der Waals surface area contributed by atoms with E-state index < -0.39 is 11.0 Å². The van der Waals surface area contributed by atoms with Crippen LogP contribution >= 0.6 is 0 Å². The van der Waals surface area contributed by atoms with Gasteiger partial charge >= 0.3 is 0 Å². The van der Waals surface area contributed by atoms with Gasteiger partial charge in [0.1, 0.15) is 6.04 Å². The number of hydrogen-bond donors (Lipinski definition) is 2. The first-order valence-corrected chi connectivity index (χ1v) is 6.87. The normalized spacial score (nSPS) is 16.6. The van der Waals surface area contributed by atoms with Crippen molar-refractivity contribution < 1.29 is 9.72 Å². The summed E-state index contributed by atoms with van der Waals surface area (Å²) in [5.74, 6) is -0.0663. The number of non-ortho nitro benzene ring substituents is 1. The summed E-state index contributed by atoms with van der Waals surface area (Å²) in [6, 6.07) is 6.02. The zero-order chi connectivity index (χ0) is 14.5. The van der Waals surface area contributed by atoms with Crippen LogP contribution in [0.15, 0.2) is 24.3 Å². The third-order valence-electron chi connectivity index (χ3n) is 3.53. The molecule has 1 saturated carbocycles. The number of nitro groups is 1. The molecule has 108 valence electrons. The minimum absolute atomic E-state index is 0.0124. The third-order valence-corrected chi connectivity index (χ3v) is 3.53. The summed E-state index contributed by atoms with van der Waals surface area (Å²) in [4.78, 5) is 22.3. The van der Waals surface area contributed by atoms with E-state index in [2.05, 4.69) is 10.6 Å². The van der Waals surface area contributed by atoms with Crippen molar-refractivity contribution in [1.82, 2.24) is 5.32 Å². The molecule has 2 N–H and O–H groups in total. The van der Waals surface area contributed by atoms with Gasteiger partial charge in [0, 0.05) is 23.9 Å². The zero-order valence-electron chi connectivity index (χ0n) is 11.5. The molecule has 6 heteroatoms. The smallest absolute Gasteiger partial charge is 0.271 e. The molecular weight excluding hydrogens is 258 g/mol. The van der Waals surface area contributed by atoms with E-state index >= 15 is 0 Å². The number of anilines is 1. The van der Waals surface area contributed by atoms with Gasteiger partial charge < -0.3 is 10.6 Å². The van der Waals surface area contributed by atoms with Gasteiger partial charge in [0.25, 0.3) is 5.69 Å². The lowest BCUT2D eigenvalue weighted by Gasteiger charge is -2.18. The molecule has 1 amide bonds. The molecule has 2 rings (SSSR count). The minimum Gasteiger partial charge on any atom is -0.374 e. The van der Waals surface area contributed by atoms with E-state index in [4.69, 9.17) is 0 Å². The second-order valence-electron chi connectivity index (χ2n) is 5.16. The maximum absolute atomic E-state index is 12.0. The number of rotatable bonds is 5. The van der Waals surface area contributed by atoms with Crippen molar-refractivity contribution in [2.24, 2.45) is 0 Å². The summed E-state index contributed by atoms with van der Waals surface area (Å²) in [7, 11) is 0. The first kappa shape index (κ1) is 14.3. The van der Waals surface area contributed by atoms with Gasteiger partial charge in [-0.15, -0.1) is 0 Å². The molecule has 0 unspecified atom stereocenters. The van der Waals surface area contributed by atoms with Crippen LogP contribution in [0.3, 0.4) is 0 Å². The molecule has 0 heterocycles. The SMILES string of the molecule is C[C@@H](Nc1cccc([N+](=O)[O-])c1)C(=O)NC1CCCC1. The highest BCUT2D eigenvalue weighted by Gasteiger charge is 2.20. The Balaban J connectivity index is 1.92. The fourth-order valence-electron chi connectivity index (χ4n) is 2.42. The molecular formula is C14H19N3O3. The Morgan fingerprint density at radius 3 is 2.75 bits per heavy atom. The van der Waals surface area contributed by atoms with Gasteiger partial charge in [-0.3, -0.25) is 14.9 Å². The zero-order valence-corrected chi connectivity index (χ0v) is 11.5. The predicted octanol–water partition coefficient (Wildman–Crippen LogP) is 2.45. The van der Waals surface area contributed by atoms with Crippen LogP contribution in [0.1, 0.15) is 32.6 Å². The van der Waals surface area contributed by atoms with Crippen LogP contribution in [0.25, 0.3) is 0 Å². The number of nitrogens with one attached hydrogen (secondary N) is 2. The summed E-state index contributed by atoms with van der Waals surface area (Å²) in [5, 5.41) is 16.7. The molecule has 1 aliphatic rings. The van der Waals surface area contributed by atoms with Crippen LogP contribution < -0.4 is 10.6 Å². The maximum atomic E-state index is 12.0. The van der Waals surface area contributed by atoms with Crippen LogP contribution in [0.2, 0.25) is 0 Å². The first-order valence-electron chi connectivity index (χ1n) is 6.87. The summed E-state index contributed by atoms with van der Waals surface area (Å²) in [5.41, 5.74) is 0.590. The molecule has 1 atom stereocenters.